The second-order valence-corrected chi connectivity index (χ2v) is 7.35. The van der Waals surface area contributed by atoms with Crippen LogP contribution in [0.15, 0.2) is 77.6 Å². The topological polar surface area (TPSA) is 16.2 Å². The van der Waals surface area contributed by atoms with Gasteiger partial charge < -0.3 is 0 Å². The molecular weight excluding hydrogens is 316 g/mol. The zero-order chi connectivity index (χ0) is 18.7. The third-order valence-corrected chi connectivity index (χ3v) is 5.26. The second-order valence-electron chi connectivity index (χ2n) is 7.35. The van der Waals surface area contributed by atoms with E-state index < -0.39 is 0 Å². The predicted octanol–water partition coefficient (Wildman–Crippen LogP) is 6.02. The molecule has 1 aromatic heterocycles. The fraction of sp³-hybridized carbons (Fsp3) is 0.333. The number of nitrogens with zero attached hydrogens (tertiary/aromatic N) is 2. The third-order valence-electron chi connectivity index (χ3n) is 5.26. The maximum absolute atomic E-state index is 4.76. The number of allylic oxidation sites excluding steroid dienone is 3. The number of aromatic nitrogens is 1. The van der Waals surface area contributed by atoms with Gasteiger partial charge in [0.2, 0.25) is 5.69 Å². The fourth-order valence-corrected chi connectivity index (χ4v) is 3.93. The van der Waals surface area contributed by atoms with Gasteiger partial charge in [-0.2, -0.15) is 4.57 Å². The van der Waals surface area contributed by atoms with Gasteiger partial charge in [0.15, 0.2) is 12.2 Å². The number of fused-ring (bicyclic) bond motifs is 3. The van der Waals surface area contributed by atoms with Crippen molar-refractivity contribution in [3.63, 3.8) is 0 Å². The molecule has 0 saturated carbocycles. The first-order chi connectivity index (χ1) is 12.5. The van der Waals surface area contributed by atoms with Gasteiger partial charge in [0, 0.05) is 30.0 Å². The van der Waals surface area contributed by atoms with Crippen LogP contribution >= 0.6 is 0 Å². The van der Waals surface area contributed by atoms with E-state index in [2.05, 4.69) is 79.7 Å². The Morgan fingerprint density at radius 3 is 2.58 bits per heavy atom. The molecule has 0 amide bonds. The van der Waals surface area contributed by atoms with Gasteiger partial charge in [-0.05, 0) is 51.8 Å². The van der Waals surface area contributed by atoms with Gasteiger partial charge in [-0.25, -0.2) is 0 Å². The molecule has 2 atom stereocenters. The van der Waals surface area contributed by atoms with Crippen LogP contribution in [0, 0.1) is 0 Å². The van der Waals surface area contributed by atoms with Crippen LogP contribution in [0.25, 0.3) is 11.3 Å². The zero-order valence-corrected chi connectivity index (χ0v) is 16.4. The molecule has 2 heterocycles. The van der Waals surface area contributed by atoms with E-state index in [4.69, 9.17) is 4.99 Å². The molecule has 0 N–H and O–H groups in total. The summed E-state index contributed by atoms with van der Waals surface area (Å²) in [4.78, 5) is 4.76. The van der Waals surface area contributed by atoms with E-state index in [-0.39, 0.29) is 5.92 Å². The number of pyridine rings is 1. The van der Waals surface area contributed by atoms with Gasteiger partial charge in [-0.3, -0.25) is 4.99 Å². The zero-order valence-electron chi connectivity index (χ0n) is 16.4. The van der Waals surface area contributed by atoms with Crippen molar-refractivity contribution in [1.82, 2.24) is 0 Å². The SMILES string of the molecule is C=C(N=C(C)C)C1c2ccccc2-c2cccc[n+]2C1CC/C(C)=C/C. The predicted molar refractivity (Wildman–Crippen MR) is 110 cm³/mol. The molecule has 26 heavy (non-hydrogen) atoms. The molecule has 1 aliphatic rings. The van der Waals surface area contributed by atoms with Gasteiger partial charge >= 0.3 is 0 Å². The van der Waals surface area contributed by atoms with Crippen molar-refractivity contribution in [2.24, 2.45) is 4.99 Å². The smallest absolute Gasteiger partial charge is 0.213 e. The lowest BCUT2D eigenvalue weighted by Gasteiger charge is -2.30. The Hall–Kier alpha value is -2.48. The number of hydrogen-bond acceptors (Lipinski definition) is 1. The highest BCUT2D eigenvalue weighted by atomic mass is 15.0. The maximum atomic E-state index is 4.76. The Bertz CT molecular complexity index is 869. The maximum Gasteiger partial charge on any atom is 0.213 e. The molecule has 0 aliphatic carbocycles. The van der Waals surface area contributed by atoms with Crippen molar-refractivity contribution in [3.05, 3.63) is 78.1 Å². The van der Waals surface area contributed by atoms with Gasteiger partial charge in [-0.15, -0.1) is 0 Å². The monoisotopic (exact) mass is 345 g/mol. The molecular formula is C24H29N2+. The fourth-order valence-electron chi connectivity index (χ4n) is 3.93. The van der Waals surface area contributed by atoms with Gasteiger partial charge in [0.1, 0.15) is 0 Å². The first-order valence-corrected chi connectivity index (χ1v) is 9.45. The molecule has 1 aromatic carbocycles. The van der Waals surface area contributed by atoms with E-state index in [0.717, 1.165) is 24.3 Å². The summed E-state index contributed by atoms with van der Waals surface area (Å²) in [6.45, 7) is 12.8. The van der Waals surface area contributed by atoms with Gasteiger partial charge in [0.25, 0.3) is 0 Å². The van der Waals surface area contributed by atoms with E-state index >= 15 is 0 Å². The van der Waals surface area contributed by atoms with Crippen LogP contribution in [0.4, 0.5) is 0 Å². The molecule has 0 radical (unpaired) electrons. The second kappa shape index (κ2) is 7.82. The van der Waals surface area contributed by atoms with Gasteiger partial charge in [0.05, 0.1) is 11.5 Å². The van der Waals surface area contributed by atoms with Crippen LogP contribution in [0.5, 0.6) is 0 Å². The highest BCUT2D eigenvalue weighted by Gasteiger charge is 2.40. The molecule has 3 rings (SSSR count). The minimum Gasteiger partial charge on any atom is -0.263 e. The Balaban J connectivity index is 2.14. The van der Waals surface area contributed by atoms with Crippen molar-refractivity contribution in [3.8, 4) is 11.3 Å². The summed E-state index contributed by atoms with van der Waals surface area (Å²) in [7, 11) is 0. The number of aliphatic imine (C=N–C) groups is 1. The minimum atomic E-state index is 0.200. The third kappa shape index (κ3) is 3.55. The van der Waals surface area contributed by atoms with E-state index in [1.54, 1.807) is 0 Å². The van der Waals surface area contributed by atoms with Crippen LogP contribution < -0.4 is 4.57 Å². The normalized spacial score (nSPS) is 18.7. The van der Waals surface area contributed by atoms with Crippen LogP contribution in [0.1, 0.15) is 58.1 Å². The van der Waals surface area contributed by atoms with Crippen molar-refractivity contribution >= 4 is 5.71 Å². The molecule has 2 aromatic rings. The molecule has 0 saturated heterocycles. The summed E-state index contributed by atoms with van der Waals surface area (Å²) >= 11 is 0. The van der Waals surface area contributed by atoms with Crippen LogP contribution in [0.3, 0.4) is 0 Å². The van der Waals surface area contributed by atoms with Crippen molar-refractivity contribution in [2.75, 3.05) is 0 Å². The Morgan fingerprint density at radius 2 is 1.85 bits per heavy atom. The lowest BCUT2D eigenvalue weighted by atomic mass is 9.79. The largest absolute Gasteiger partial charge is 0.263 e. The summed E-state index contributed by atoms with van der Waals surface area (Å²) in [5.74, 6) is 0.200. The molecule has 0 bridgehead atoms. The number of hydrogen-bond donors (Lipinski definition) is 0. The Labute approximate surface area is 157 Å². The lowest BCUT2D eigenvalue weighted by molar-refractivity contribution is -0.717. The molecule has 2 heteroatoms. The Morgan fingerprint density at radius 1 is 1.12 bits per heavy atom. The van der Waals surface area contributed by atoms with E-state index in [9.17, 15) is 0 Å². The molecule has 0 spiro atoms. The first kappa shape index (κ1) is 18.3. The standard InChI is InChI=1S/C24H29N2/c1-6-18(4)14-15-23-24(19(5)25-17(2)3)21-12-8-7-11-20(21)22-13-9-10-16-26(22)23/h6-13,16,23-24H,5,14-15H2,1-4H3/q+1/b18-6+. The summed E-state index contributed by atoms with van der Waals surface area (Å²) in [6.07, 6.45) is 6.59. The molecule has 134 valence electrons. The van der Waals surface area contributed by atoms with E-state index in [0.29, 0.717) is 6.04 Å². The first-order valence-electron chi connectivity index (χ1n) is 9.45. The number of rotatable bonds is 5. The summed E-state index contributed by atoms with van der Waals surface area (Å²) in [5, 5.41) is 0. The average Bonchev–Trinajstić information content (AvgIpc) is 2.64. The Kier molecular flexibility index (Phi) is 5.51. The van der Waals surface area contributed by atoms with Crippen LogP contribution in [-0.2, 0) is 0 Å². The summed E-state index contributed by atoms with van der Waals surface area (Å²) < 4.78 is 2.43. The van der Waals surface area contributed by atoms with Gasteiger partial charge in [-0.1, -0.05) is 36.4 Å². The quantitative estimate of drug-likeness (QED) is 0.358. The van der Waals surface area contributed by atoms with Crippen LogP contribution in [0.2, 0.25) is 0 Å². The highest BCUT2D eigenvalue weighted by molar-refractivity contribution is 5.80. The van der Waals surface area contributed by atoms with Crippen molar-refractivity contribution in [2.45, 2.75) is 52.5 Å². The van der Waals surface area contributed by atoms with Crippen molar-refractivity contribution < 1.29 is 4.57 Å². The minimum absolute atomic E-state index is 0.200. The van der Waals surface area contributed by atoms with Crippen molar-refractivity contribution in [1.29, 1.82) is 0 Å². The van der Waals surface area contributed by atoms with E-state index in [1.807, 2.05) is 13.8 Å². The highest BCUT2D eigenvalue weighted by Crippen LogP contribution is 2.43. The summed E-state index contributed by atoms with van der Waals surface area (Å²) in [5.41, 5.74) is 7.37. The van der Waals surface area contributed by atoms with Crippen LogP contribution in [-0.4, -0.2) is 5.71 Å². The average molecular weight is 346 g/mol. The molecule has 0 fully saturated rings. The molecule has 1 aliphatic heterocycles. The molecule has 2 unspecified atom stereocenters. The van der Waals surface area contributed by atoms with E-state index in [1.165, 1.54) is 22.4 Å². The number of benzene rings is 1. The molecule has 2 nitrogen and oxygen atoms in total. The lowest BCUT2D eigenvalue weighted by Crippen LogP contribution is -2.47. The summed E-state index contributed by atoms with van der Waals surface area (Å²) in [6, 6.07) is 15.5.